The maximum absolute atomic E-state index is 11.3. The van der Waals surface area contributed by atoms with Crippen LogP contribution in [-0.2, 0) is 12.2 Å². The Balaban J connectivity index is 2.31. The molecule has 2 aromatic rings. The van der Waals surface area contributed by atoms with Crippen molar-refractivity contribution < 1.29 is 9.84 Å². The maximum Gasteiger partial charge on any atom is 0.144 e. The fraction of sp³-hybridized carbons (Fsp3) is 0.250. The third-order valence-corrected chi connectivity index (χ3v) is 4.22. The first-order chi connectivity index (χ1) is 10.1. The van der Waals surface area contributed by atoms with Gasteiger partial charge in [0.15, 0.2) is 0 Å². The molecule has 0 radical (unpaired) electrons. The Morgan fingerprint density at radius 1 is 1.24 bits per heavy atom. The maximum atomic E-state index is 11.3. The fourth-order valence-electron chi connectivity index (χ4n) is 2.81. The molecule has 1 atom stereocenters. The molecule has 0 saturated heterocycles. The van der Waals surface area contributed by atoms with E-state index in [2.05, 4.69) is 5.32 Å². The van der Waals surface area contributed by atoms with Crippen LogP contribution in [0.15, 0.2) is 36.4 Å². The number of ether oxygens (including phenoxy) is 1. The van der Waals surface area contributed by atoms with Crippen molar-refractivity contribution in [1.82, 2.24) is 5.32 Å². The summed E-state index contributed by atoms with van der Waals surface area (Å²) in [5, 5.41) is 15.3. The van der Waals surface area contributed by atoms with Gasteiger partial charge in [-0.1, -0.05) is 47.5 Å². The van der Waals surface area contributed by atoms with Crippen molar-refractivity contribution in [3.05, 3.63) is 63.1 Å². The second-order valence-corrected chi connectivity index (χ2v) is 5.94. The van der Waals surface area contributed by atoms with Crippen molar-refractivity contribution in [1.29, 1.82) is 0 Å². The molecule has 1 unspecified atom stereocenters. The van der Waals surface area contributed by atoms with Gasteiger partial charge in [-0.15, -0.1) is 0 Å². The average Bonchev–Trinajstić information content (AvgIpc) is 2.57. The molecular weight excluding hydrogens is 309 g/mol. The highest BCUT2D eigenvalue weighted by molar-refractivity contribution is 6.35. The number of aliphatic hydroxyl groups is 1. The molecule has 0 aliphatic carbocycles. The van der Waals surface area contributed by atoms with Gasteiger partial charge in [0.2, 0.25) is 0 Å². The van der Waals surface area contributed by atoms with Crippen molar-refractivity contribution >= 4 is 23.2 Å². The summed E-state index contributed by atoms with van der Waals surface area (Å²) in [6, 6.07) is 11.0. The molecule has 3 nitrogen and oxygen atoms in total. The zero-order chi connectivity index (χ0) is 15.0. The molecule has 1 heterocycles. The molecule has 0 bridgehead atoms. The molecule has 0 saturated carbocycles. The van der Waals surface area contributed by atoms with Crippen molar-refractivity contribution in [3.8, 4) is 5.75 Å². The second kappa shape index (κ2) is 5.50. The predicted octanol–water partition coefficient (Wildman–Crippen LogP) is 3.34. The minimum Gasteiger partial charge on any atom is -0.487 e. The quantitative estimate of drug-likeness (QED) is 0.890. The molecule has 5 heteroatoms. The summed E-state index contributed by atoms with van der Waals surface area (Å²) in [4.78, 5) is 0. The van der Waals surface area contributed by atoms with E-state index in [4.69, 9.17) is 27.9 Å². The minimum atomic E-state index is -1.24. The summed E-state index contributed by atoms with van der Waals surface area (Å²) in [6.07, 6.45) is 0. The van der Waals surface area contributed by atoms with Crippen molar-refractivity contribution in [2.45, 2.75) is 12.2 Å². The number of halogens is 2. The van der Waals surface area contributed by atoms with Crippen LogP contribution in [-0.4, -0.2) is 18.7 Å². The average molecular weight is 324 g/mol. The van der Waals surface area contributed by atoms with Crippen LogP contribution >= 0.6 is 23.2 Å². The first-order valence-electron chi connectivity index (χ1n) is 6.64. The highest BCUT2D eigenvalue weighted by Gasteiger charge is 2.38. The largest absolute Gasteiger partial charge is 0.487 e. The molecule has 2 N–H and O–H groups in total. The Bertz CT molecular complexity index is 690. The number of hydrogen-bond acceptors (Lipinski definition) is 3. The number of fused-ring (bicyclic) bond motifs is 2. The summed E-state index contributed by atoms with van der Waals surface area (Å²) in [6.45, 7) is 0.688. The van der Waals surface area contributed by atoms with E-state index in [9.17, 15) is 5.11 Å². The van der Waals surface area contributed by atoms with Crippen molar-refractivity contribution in [2.24, 2.45) is 0 Å². The molecule has 1 aliphatic heterocycles. The lowest BCUT2D eigenvalue weighted by atomic mass is 9.84. The summed E-state index contributed by atoms with van der Waals surface area (Å²) in [5.41, 5.74) is 1.07. The number of rotatable bonds is 2. The van der Waals surface area contributed by atoms with Gasteiger partial charge in [0.05, 0.1) is 5.02 Å². The zero-order valence-corrected chi connectivity index (χ0v) is 13.0. The van der Waals surface area contributed by atoms with Crippen LogP contribution in [0.3, 0.4) is 0 Å². The monoisotopic (exact) mass is 323 g/mol. The highest BCUT2D eigenvalue weighted by Crippen LogP contribution is 2.44. The Labute approximate surface area is 133 Å². The molecule has 1 aliphatic rings. The van der Waals surface area contributed by atoms with Crippen LogP contribution in [0.2, 0.25) is 10.0 Å². The Morgan fingerprint density at radius 2 is 2.00 bits per heavy atom. The summed E-state index contributed by atoms with van der Waals surface area (Å²) in [7, 11) is 1.79. The summed E-state index contributed by atoms with van der Waals surface area (Å²) < 4.78 is 5.82. The fourth-order valence-corrected chi connectivity index (χ4v) is 3.35. The molecule has 3 rings (SSSR count). The van der Waals surface area contributed by atoms with Gasteiger partial charge >= 0.3 is 0 Å². The molecule has 110 valence electrons. The van der Waals surface area contributed by atoms with Gasteiger partial charge in [0, 0.05) is 17.1 Å². The third-order valence-electron chi connectivity index (χ3n) is 3.72. The van der Waals surface area contributed by atoms with E-state index < -0.39 is 5.60 Å². The number of hydrogen-bond donors (Lipinski definition) is 2. The predicted molar refractivity (Wildman–Crippen MR) is 84.2 cm³/mol. The van der Waals surface area contributed by atoms with Crippen LogP contribution in [0.5, 0.6) is 5.75 Å². The SMILES string of the molecule is CNCC1(O)c2ccccc2COc2c(Cl)cc(Cl)cc21. The summed E-state index contributed by atoms with van der Waals surface area (Å²) >= 11 is 12.4. The van der Waals surface area contributed by atoms with Gasteiger partial charge in [-0.05, 0) is 30.3 Å². The molecule has 0 spiro atoms. The smallest absolute Gasteiger partial charge is 0.144 e. The number of likely N-dealkylation sites (N-methyl/N-ethyl adjacent to an activating group) is 1. The van der Waals surface area contributed by atoms with Crippen LogP contribution in [0.1, 0.15) is 16.7 Å². The van der Waals surface area contributed by atoms with Crippen LogP contribution < -0.4 is 10.1 Å². The van der Waals surface area contributed by atoms with Gasteiger partial charge in [-0.3, -0.25) is 0 Å². The molecular formula is C16H15Cl2NO2. The first kappa shape index (κ1) is 14.7. The van der Waals surface area contributed by atoms with Crippen LogP contribution in [0, 0.1) is 0 Å². The first-order valence-corrected chi connectivity index (χ1v) is 7.39. The van der Waals surface area contributed by atoms with E-state index >= 15 is 0 Å². The highest BCUT2D eigenvalue weighted by atomic mass is 35.5. The van der Waals surface area contributed by atoms with Gasteiger partial charge in [-0.2, -0.15) is 0 Å². The van der Waals surface area contributed by atoms with E-state index in [1.807, 2.05) is 24.3 Å². The Kier molecular flexibility index (Phi) is 3.84. The Morgan fingerprint density at radius 3 is 2.76 bits per heavy atom. The van der Waals surface area contributed by atoms with Crippen molar-refractivity contribution in [2.75, 3.05) is 13.6 Å². The van der Waals surface area contributed by atoms with Gasteiger partial charge in [-0.25, -0.2) is 0 Å². The molecule has 21 heavy (non-hydrogen) atoms. The lowest BCUT2D eigenvalue weighted by Crippen LogP contribution is -2.38. The standard InChI is InChI=1S/C16H15Cl2NO2/c1-19-9-16(20)12-5-3-2-4-10(12)8-21-15-13(16)6-11(17)7-14(15)18/h2-7,19-20H,8-9H2,1H3. The van der Waals surface area contributed by atoms with Gasteiger partial charge in [0.1, 0.15) is 18.0 Å². The summed E-state index contributed by atoms with van der Waals surface area (Å²) in [5.74, 6) is 0.481. The zero-order valence-electron chi connectivity index (χ0n) is 11.5. The van der Waals surface area contributed by atoms with E-state index in [-0.39, 0.29) is 0 Å². The van der Waals surface area contributed by atoms with E-state index in [0.29, 0.717) is 34.5 Å². The Hall–Kier alpha value is -1.26. The normalized spacial score (nSPS) is 20.2. The van der Waals surface area contributed by atoms with Crippen LogP contribution in [0.4, 0.5) is 0 Å². The van der Waals surface area contributed by atoms with E-state index in [1.165, 1.54) is 0 Å². The van der Waals surface area contributed by atoms with Gasteiger partial charge < -0.3 is 15.2 Å². The lowest BCUT2D eigenvalue weighted by molar-refractivity contribution is 0.0815. The van der Waals surface area contributed by atoms with E-state index in [0.717, 1.165) is 11.1 Å². The van der Waals surface area contributed by atoms with Crippen molar-refractivity contribution in [3.63, 3.8) is 0 Å². The molecule has 0 aromatic heterocycles. The van der Waals surface area contributed by atoms with E-state index in [1.54, 1.807) is 19.2 Å². The second-order valence-electron chi connectivity index (χ2n) is 5.10. The third kappa shape index (κ3) is 2.40. The topological polar surface area (TPSA) is 41.5 Å². The molecule has 0 amide bonds. The number of benzene rings is 2. The molecule has 2 aromatic carbocycles. The minimum absolute atomic E-state index is 0.330. The number of nitrogens with one attached hydrogen (secondary N) is 1. The van der Waals surface area contributed by atoms with Gasteiger partial charge in [0.25, 0.3) is 0 Å². The lowest BCUT2D eigenvalue weighted by Gasteiger charge is -2.30. The van der Waals surface area contributed by atoms with Crippen LogP contribution in [0.25, 0.3) is 0 Å². The molecule has 0 fully saturated rings.